The predicted octanol–water partition coefficient (Wildman–Crippen LogP) is 5.64. The van der Waals surface area contributed by atoms with Crippen LogP contribution in [0.3, 0.4) is 0 Å². The van der Waals surface area contributed by atoms with Crippen LogP contribution < -0.4 is 5.32 Å². The van der Waals surface area contributed by atoms with Crippen molar-refractivity contribution in [2.24, 2.45) is 5.41 Å². The van der Waals surface area contributed by atoms with Crippen molar-refractivity contribution in [2.75, 3.05) is 13.2 Å². The third kappa shape index (κ3) is 12.2. The van der Waals surface area contributed by atoms with Crippen molar-refractivity contribution >= 4 is 5.91 Å². The number of ether oxygens (including phenoxy) is 3. The Labute approximate surface area is 220 Å². The first kappa shape index (κ1) is 32.5. The van der Waals surface area contributed by atoms with Gasteiger partial charge in [0.15, 0.2) is 0 Å². The molecule has 0 aromatic carbocycles. The first-order valence-corrected chi connectivity index (χ1v) is 13.3. The summed E-state index contributed by atoms with van der Waals surface area (Å²) in [5.74, 6) is 0.0336. The van der Waals surface area contributed by atoms with Gasteiger partial charge in [0.2, 0.25) is 5.91 Å². The number of amides is 1. The van der Waals surface area contributed by atoms with Crippen molar-refractivity contribution in [2.45, 2.75) is 144 Å². The molecule has 1 N–H and O–H groups in total. The second kappa shape index (κ2) is 12.4. The second-order valence-corrected chi connectivity index (χ2v) is 13.8. The topological polar surface area (TPSA) is 87.5 Å². The lowest BCUT2D eigenvalue weighted by Gasteiger charge is -2.36. The van der Waals surface area contributed by atoms with Gasteiger partial charge in [-0.05, 0) is 95.4 Å². The highest BCUT2D eigenvalue weighted by Gasteiger charge is 2.37. The van der Waals surface area contributed by atoms with E-state index in [-0.39, 0.29) is 28.8 Å². The van der Waals surface area contributed by atoms with Gasteiger partial charge in [0.1, 0.15) is 5.69 Å². The molecule has 1 rings (SSSR count). The number of hydrogen-bond donors (Lipinski definition) is 1. The van der Waals surface area contributed by atoms with E-state index in [0.717, 1.165) is 18.5 Å². The number of nitrogens with zero attached hydrogens (tertiary/aromatic N) is 3. The van der Waals surface area contributed by atoms with Crippen LogP contribution in [0, 0.1) is 5.41 Å². The molecule has 0 spiro atoms. The largest absolute Gasteiger partial charge is 0.379 e. The van der Waals surface area contributed by atoms with Crippen LogP contribution in [0.5, 0.6) is 0 Å². The minimum Gasteiger partial charge on any atom is -0.379 e. The Bertz CT molecular complexity index is 820. The number of rotatable bonds is 15. The molecule has 0 bridgehead atoms. The summed E-state index contributed by atoms with van der Waals surface area (Å²) in [5, 5.41) is 11.8. The summed E-state index contributed by atoms with van der Waals surface area (Å²) in [6.07, 6.45) is 4.38. The van der Waals surface area contributed by atoms with Crippen LogP contribution in [0.1, 0.15) is 115 Å². The van der Waals surface area contributed by atoms with Crippen LogP contribution in [0.15, 0.2) is 6.20 Å². The molecule has 0 fully saturated rings. The number of nitrogens with one attached hydrogen (secondary N) is 1. The van der Waals surface area contributed by atoms with Crippen molar-refractivity contribution in [1.29, 1.82) is 0 Å². The van der Waals surface area contributed by atoms with Crippen LogP contribution in [-0.4, -0.2) is 57.0 Å². The van der Waals surface area contributed by atoms with Gasteiger partial charge in [0, 0.05) is 17.6 Å². The SMILES string of the molecule is CC(C)OCCC(C)(C)OCCC(C)(C)OCc1cn(C(C)(C)CC(C)(C)C(=O)NC(C)(C)C)nn1. The van der Waals surface area contributed by atoms with Gasteiger partial charge in [-0.25, -0.2) is 4.68 Å². The lowest BCUT2D eigenvalue weighted by atomic mass is 9.79. The van der Waals surface area contributed by atoms with E-state index in [1.165, 1.54) is 0 Å². The molecule has 0 unspecified atom stereocenters. The molecule has 0 aliphatic carbocycles. The lowest BCUT2D eigenvalue weighted by Crippen LogP contribution is -2.49. The fraction of sp³-hybridized carbons (Fsp3) is 0.893. The van der Waals surface area contributed by atoms with E-state index in [9.17, 15) is 4.79 Å². The Morgan fingerprint density at radius 3 is 2.03 bits per heavy atom. The molecule has 0 atom stereocenters. The molecule has 1 heterocycles. The van der Waals surface area contributed by atoms with Crippen LogP contribution in [-0.2, 0) is 31.2 Å². The Balaban J connectivity index is 2.62. The molecular weight excluding hydrogens is 456 g/mol. The highest BCUT2D eigenvalue weighted by atomic mass is 16.5. The third-order valence-electron chi connectivity index (χ3n) is 6.10. The lowest BCUT2D eigenvalue weighted by molar-refractivity contribution is -0.132. The van der Waals surface area contributed by atoms with Crippen LogP contribution in [0.25, 0.3) is 0 Å². The van der Waals surface area contributed by atoms with Crippen LogP contribution >= 0.6 is 0 Å². The van der Waals surface area contributed by atoms with Gasteiger partial charge in [-0.2, -0.15) is 0 Å². The zero-order valence-electron chi connectivity index (χ0n) is 25.4. The number of carbonyl (C=O) groups is 1. The summed E-state index contributed by atoms with van der Waals surface area (Å²) in [6.45, 7) is 28.1. The Morgan fingerprint density at radius 2 is 1.47 bits per heavy atom. The molecule has 0 radical (unpaired) electrons. The molecule has 36 heavy (non-hydrogen) atoms. The van der Waals surface area contributed by atoms with Crippen molar-refractivity contribution in [1.82, 2.24) is 20.3 Å². The third-order valence-corrected chi connectivity index (χ3v) is 6.10. The molecule has 210 valence electrons. The van der Waals surface area contributed by atoms with E-state index in [1.807, 2.05) is 59.3 Å². The molecule has 8 nitrogen and oxygen atoms in total. The van der Waals surface area contributed by atoms with E-state index in [2.05, 4.69) is 57.2 Å². The molecule has 1 aromatic rings. The maximum absolute atomic E-state index is 12.8. The normalized spacial score (nSPS) is 13.9. The highest BCUT2D eigenvalue weighted by Crippen LogP contribution is 2.33. The maximum atomic E-state index is 12.8. The Kier molecular flexibility index (Phi) is 11.2. The molecule has 0 aliphatic rings. The fourth-order valence-electron chi connectivity index (χ4n) is 3.94. The zero-order valence-corrected chi connectivity index (χ0v) is 25.4. The Hall–Kier alpha value is -1.51. The van der Waals surface area contributed by atoms with Gasteiger partial charge in [0.25, 0.3) is 0 Å². The quantitative estimate of drug-likeness (QED) is 0.329. The van der Waals surface area contributed by atoms with E-state index < -0.39 is 11.0 Å². The van der Waals surface area contributed by atoms with Gasteiger partial charge < -0.3 is 19.5 Å². The van der Waals surface area contributed by atoms with Crippen molar-refractivity contribution in [3.05, 3.63) is 11.9 Å². The highest BCUT2D eigenvalue weighted by molar-refractivity contribution is 5.82. The van der Waals surface area contributed by atoms with E-state index in [0.29, 0.717) is 26.2 Å². The number of carbonyl (C=O) groups excluding carboxylic acids is 1. The summed E-state index contributed by atoms with van der Waals surface area (Å²) >= 11 is 0. The maximum Gasteiger partial charge on any atom is 0.226 e. The van der Waals surface area contributed by atoms with Crippen molar-refractivity contribution in [3.63, 3.8) is 0 Å². The summed E-state index contributed by atoms with van der Waals surface area (Å²) < 4.78 is 19.8. The number of hydrogen-bond acceptors (Lipinski definition) is 6. The fourth-order valence-corrected chi connectivity index (χ4v) is 3.94. The smallest absolute Gasteiger partial charge is 0.226 e. The first-order valence-electron chi connectivity index (χ1n) is 13.3. The summed E-state index contributed by atoms with van der Waals surface area (Å²) in [5.41, 5.74) is -1.06. The van der Waals surface area contributed by atoms with E-state index in [1.54, 1.807) is 0 Å². The summed E-state index contributed by atoms with van der Waals surface area (Å²) in [4.78, 5) is 12.8. The predicted molar refractivity (Wildman–Crippen MR) is 145 cm³/mol. The molecular formula is C28H54N4O4. The first-order chi connectivity index (χ1) is 16.1. The van der Waals surface area contributed by atoms with Gasteiger partial charge >= 0.3 is 0 Å². The van der Waals surface area contributed by atoms with E-state index in [4.69, 9.17) is 14.2 Å². The van der Waals surface area contributed by atoms with Gasteiger partial charge in [0.05, 0.1) is 42.3 Å². The zero-order chi connectivity index (χ0) is 28.0. The summed E-state index contributed by atoms with van der Waals surface area (Å²) in [7, 11) is 0. The van der Waals surface area contributed by atoms with Gasteiger partial charge in [-0.3, -0.25) is 4.79 Å². The average molecular weight is 511 g/mol. The molecule has 0 saturated heterocycles. The average Bonchev–Trinajstić information content (AvgIpc) is 3.13. The van der Waals surface area contributed by atoms with Crippen LogP contribution in [0.2, 0.25) is 0 Å². The molecule has 0 saturated carbocycles. The van der Waals surface area contributed by atoms with Gasteiger partial charge in [-0.1, -0.05) is 19.1 Å². The monoisotopic (exact) mass is 510 g/mol. The molecule has 8 heteroatoms. The minimum atomic E-state index is -0.559. The van der Waals surface area contributed by atoms with Crippen molar-refractivity contribution in [3.8, 4) is 0 Å². The number of aromatic nitrogens is 3. The van der Waals surface area contributed by atoms with E-state index >= 15 is 0 Å². The van der Waals surface area contributed by atoms with Gasteiger partial charge in [-0.15, -0.1) is 5.10 Å². The molecule has 0 aliphatic heterocycles. The Morgan fingerprint density at radius 1 is 0.917 bits per heavy atom. The molecule has 1 aromatic heterocycles. The second-order valence-electron chi connectivity index (χ2n) is 13.8. The minimum absolute atomic E-state index is 0.0336. The summed E-state index contributed by atoms with van der Waals surface area (Å²) in [6, 6.07) is 0. The van der Waals surface area contributed by atoms with Crippen molar-refractivity contribution < 1.29 is 19.0 Å². The molecule has 1 amide bonds. The van der Waals surface area contributed by atoms with Crippen LogP contribution in [0.4, 0.5) is 0 Å². The standard InChI is InChI=1S/C28H54N4O4/c1-21(2)34-16-14-27(10,11)35-17-15-28(12,13)36-19-22-18-32(31-30-22)26(8,9)20-25(6,7)23(33)29-24(3,4)5/h18,21H,14-17,19-20H2,1-13H3,(H,29,33).